The molecule has 0 spiro atoms. The maximum absolute atomic E-state index is 13.5. The molecule has 0 saturated carbocycles. The van der Waals surface area contributed by atoms with Gasteiger partial charge in [0.2, 0.25) is 0 Å². The highest BCUT2D eigenvalue weighted by Crippen LogP contribution is 2.34. The number of terminal acetylenes is 1. The van der Waals surface area contributed by atoms with Crippen LogP contribution in [0.4, 0.5) is 13.2 Å². The monoisotopic (exact) mass is 378 g/mol. The summed E-state index contributed by atoms with van der Waals surface area (Å²) in [7, 11) is 1.23. The van der Waals surface area contributed by atoms with Crippen LogP contribution in [0.2, 0.25) is 0 Å². The first-order valence-corrected chi connectivity index (χ1v) is 8.22. The number of halogens is 3. The summed E-state index contributed by atoms with van der Waals surface area (Å²) in [6.07, 6.45) is 0.686. The highest BCUT2D eigenvalue weighted by molar-refractivity contribution is 5.88. The van der Waals surface area contributed by atoms with E-state index >= 15 is 0 Å². The largest absolute Gasteiger partial charge is 0.464 e. The fourth-order valence-electron chi connectivity index (χ4n) is 2.83. The van der Waals surface area contributed by atoms with Gasteiger partial charge in [-0.2, -0.15) is 13.2 Å². The van der Waals surface area contributed by atoms with Crippen molar-refractivity contribution < 1.29 is 22.7 Å². The van der Waals surface area contributed by atoms with Crippen LogP contribution in [-0.2, 0) is 22.9 Å². The maximum atomic E-state index is 13.5. The van der Waals surface area contributed by atoms with Crippen LogP contribution in [-0.4, -0.2) is 22.6 Å². The molecule has 2 aromatic rings. The van der Waals surface area contributed by atoms with Gasteiger partial charge < -0.3 is 9.30 Å². The maximum Gasteiger partial charge on any atom is 0.416 e. The van der Waals surface area contributed by atoms with E-state index in [4.69, 9.17) is 11.2 Å². The van der Waals surface area contributed by atoms with Crippen LogP contribution < -0.4 is 0 Å². The predicted octanol–water partition coefficient (Wildman–Crippen LogP) is 4.32. The summed E-state index contributed by atoms with van der Waals surface area (Å²) in [6.45, 7) is 7.16. The lowest BCUT2D eigenvalue weighted by atomic mass is 9.95. The Bertz CT molecular complexity index is 913. The van der Waals surface area contributed by atoms with Gasteiger partial charge >= 0.3 is 12.1 Å². The molecule has 0 radical (unpaired) electrons. The lowest BCUT2D eigenvalue weighted by Gasteiger charge is -2.22. The number of carbonyl (C=O) groups is 1. The van der Waals surface area contributed by atoms with E-state index in [1.54, 1.807) is 11.5 Å². The molecule has 0 bridgehead atoms. The Morgan fingerprint density at radius 2 is 1.93 bits per heavy atom. The summed E-state index contributed by atoms with van der Waals surface area (Å²) in [5.74, 6) is 2.09. The topological polar surface area (TPSA) is 44.1 Å². The molecule has 0 aliphatic carbocycles. The van der Waals surface area contributed by atoms with Crippen molar-refractivity contribution in [1.29, 1.82) is 0 Å². The molecule has 7 heteroatoms. The van der Waals surface area contributed by atoms with Crippen molar-refractivity contribution in [3.05, 3.63) is 52.1 Å². The highest BCUT2D eigenvalue weighted by Gasteiger charge is 2.35. The molecule has 0 aliphatic heterocycles. The Hall–Kier alpha value is -2.75. The van der Waals surface area contributed by atoms with Crippen molar-refractivity contribution >= 4 is 5.97 Å². The van der Waals surface area contributed by atoms with Crippen LogP contribution in [0.5, 0.6) is 0 Å². The van der Waals surface area contributed by atoms with Gasteiger partial charge in [-0.25, -0.2) is 9.78 Å². The van der Waals surface area contributed by atoms with Gasteiger partial charge in [0.25, 0.3) is 0 Å². The summed E-state index contributed by atoms with van der Waals surface area (Å²) >= 11 is 0. The number of nitrogens with zero attached hydrogens (tertiary/aromatic N) is 2. The number of hydrogen-bond donors (Lipinski definition) is 0. The number of carbonyl (C=O) groups excluding carboxylic acids is 1. The van der Waals surface area contributed by atoms with E-state index in [2.05, 4.69) is 10.9 Å². The zero-order chi connectivity index (χ0) is 20.6. The van der Waals surface area contributed by atoms with Gasteiger partial charge in [-0.05, 0) is 24.6 Å². The molecular weight excluding hydrogens is 357 g/mol. The first kappa shape index (κ1) is 20.6. The third kappa shape index (κ3) is 4.16. The van der Waals surface area contributed by atoms with E-state index in [1.165, 1.54) is 19.2 Å². The predicted molar refractivity (Wildman–Crippen MR) is 95.5 cm³/mol. The molecule has 0 aliphatic rings. The molecule has 0 atom stereocenters. The van der Waals surface area contributed by atoms with Gasteiger partial charge in [0.15, 0.2) is 5.69 Å². The van der Waals surface area contributed by atoms with Gasteiger partial charge in [-0.15, -0.1) is 6.42 Å². The lowest BCUT2D eigenvalue weighted by Crippen LogP contribution is -2.21. The van der Waals surface area contributed by atoms with E-state index in [0.29, 0.717) is 11.5 Å². The molecule has 2 rings (SSSR count). The Morgan fingerprint density at radius 3 is 2.41 bits per heavy atom. The van der Waals surface area contributed by atoms with Crippen molar-refractivity contribution in [2.24, 2.45) is 0 Å². The van der Waals surface area contributed by atoms with E-state index in [0.717, 1.165) is 6.07 Å². The number of esters is 1. The highest BCUT2D eigenvalue weighted by atomic mass is 19.4. The minimum atomic E-state index is -4.55. The smallest absolute Gasteiger partial charge is 0.416 e. The average molecular weight is 378 g/mol. The summed E-state index contributed by atoms with van der Waals surface area (Å²) in [6, 6.07) is 3.79. The van der Waals surface area contributed by atoms with E-state index in [-0.39, 0.29) is 23.4 Å². The fraction of sp³-hybridized carbons (Fsp3) is 0.400. The molecule has 4 nitrogen and oxygen atoms in total. The summed E-state index contributed by atoms with van der Waals surface area (Å²) in [5.41, 5.74) is -0.555. The minimum Gasteiger partial charge on any atom is -0.464 e. The van der Waals surface area contributed by atoms with Crippen molar-refractivity contribution in [2.75, 3.05) is 7.11 Å². The second kappa shape index (κ2) is 7.10. The number of hydrogen-bond acceptors (Lipinski definition) is 3. The molecule has 1 aromatic carbocycles. The third-order valence-electron chi connectivity index (χ3n) is 4.18. The van der Waals surface area contributed by atoms with Crippen molar-refractivity contribution in [3.63, 3.8) is 0 Å². The SMILES string of the molecule is C#Cc1ccc(Cn2c(C(C)(C)C)nc(C(=O)OC)c2C)c(C(F)(F)F)c1. The molecule has 0 fully saturated rings. The van der Waals surface area contributed by atoms with Gasteiger partial charge in [0, 0.05) is 23.2 Å². The standard InChI is InChI=1S/C20H21F3N2O2/c1-7-13-8-9-14(15(10-13)20(21,22)23)11-25-12(2)16(17(26)27-6)24-18(25)19(3,4)5/h1,8-10H,11H2,2-6H3. The number of rotatable bonds is 3. The van der Waals surface area contributed by atoms with Gasteiger partial charge in [0.05, 0.1) is 12.7 Å². The molecule has 1 heterocycles. The molecule has 1 aromatic heterocycles. The number of benzene rings is 1. The number of alkyl halides is 3. The fourth-order valence-corrected chi connectivity index (χ4v) is 2.83. The molecule has 0 saturated heterocycles. The van der Waals surface area contributed by atoms with Gasteiger partial charge in [-0.1, -0.05) is 32.8 Å². The second-order valence-electron chi connectivity index (χ2n) is 7.21. The molecular formula is C20H21F3N2O2. The average Bonchev–Trinajstić information content (AvgIpc) is 2.90. The molecule has 0 amide bonds. The van der Waals surface area contributed by atoms with Crippen LogP contribution in [0.15, 0.2) is 18.2 Å². The number of methoxy groups -OCH3 is 1. The molecule has 144 valence electrons. The first-order valence-electron chi connectivity index (χ1n) is 8.22. The van der Waals surface area contributed by atoms with Crippen LogP contribution in [0.1, 0.15) is 59.5 Å². The summed E-state index contributed by atoms with van der Waals surface area (Å²) in [4.78, 5) is 16.3. The Balaban J connectivity index is 2.66. The van der Waals surface area contributed by atoms with Crippen molar-refractivity contribution in [3.8, 4) is 12.3 Å². The van der Waals surface area contributed by atoms with Crippen LogP contribution in [0.25, 0.3) is 0 Å². The van der Waals surface area contributed by atoms with Gasteiger partial charge in [-0.3, -0.25) is 0 Å². The normalized spacial score (nSPS) is 12.0. The quantitative estimate of drug-likeness (QED) is 0.590. The Kier molecular flexibility index (Phi) is 5.41. The molecule has 0 unspecified atom stereocenters. The lowest BCUT2D eigenvalue weighted by molar-refractivity contribution is -0.138. The number of imidazole rings is 1. The van der Waals surface area contributed by atoms with E-state index in [9.17, 15) is 18.0 Å². The van der Waals surface area contributed by atoms with Crippen molar-refractivity contribution in [1.82, 2.24) is 9.55 Å². The second-order valence-corrected chi connectivity index (χ2v) is 7.21. The summed E-state index contributed by atoms with van der Waals surface area (Å²) in [5, 5.41) is 0. The van der Waals surface area contributed by atoms with Crippen molar-refractivity contribution in [2.45, 2.75) is 45.8 Å². The minimum absolute atomic E-state index is 0.0453. The Labute approximate surface area is 156 Å². The Morgan fingerprint density at radius 1 is 1.30 bits per heavy atom. The van der Waals surface area contributed by atoms with E-state index < -0.39 is 23.1 Å². The number of aromatic nitrogens is 2. The molecule has 0 N–H and O–H groups in total. The molecule has 27 heavy (non-hydrogen) atoms. The zero-order valence-electron chi connectivity index (χ0n) is 15.9. The third-order valence-corrected chi connectivity index (χ3v) is 4.18. The van der Waals surface area contributed by atoms with E-state index in [1.807, 2.05) is 20.8 Å². The van der Waals surface area contributed by atoms with Crippen LogP contribution >= 0.6 is 0 Å². The van der Waals surface area contributed by atoms with Gasteiger partial charge in [0.1, 0.15) is 5.82 Å². The first-order chi connectivity index (χ1) is 12.4. The zero-order valence-corrected chi connectivity index (χ0v) is 15.9. The van der Waals surface area contributed by atoms with Crippen LogP contribution in [0.3, 0.4) is 0 Å². The van der Waals surface area contributed by atoms with Crippen LogP contribution in [0, 0.1) is 19.3 Å². The summed E-state index contributed by atoms with van der Waals surface area (Å²) < 4.78 is 46.9. The number of ether oxygens (including phenoxy) is 1.